The van der Waals surface area contributed by atoms with Crippen LogP contribution >= 0.6 is 15.9 Å². The van der Waals surface area contributed by atoms with Crippen molar-refractivity contribution in [1.29, 1.82) is 0 Å². The van der Waals surface area contributed by atoms with Gasteiger partial charge in [-0.05, 0) is 20.3 Å². The van der Waals surface area contributed by atoms with Crippen molar-refractivity contribution in [2.24, 2.45) is 0 Å². The van der Waals surface area contributed by atoms with Crippen LogP contribution in [0.4, 0.5) is 4.79 Å². The van der Waals surface area contributed by atoms with Crippen molar-refractivity contribution in [3.05, 3.63) is 0 Å². The summed E-state index contributed by atoms with van der Waals surface area (Å²) in [5.74, 6) is 0. The first-order chi connectivity index (χ1) is 6.87. The number of halogens is 1. The molecular formula is C7H15BrN2O4S. The van der Waals surface area contributed by atoms with Crippen LogP contribution in [0.25, 0.3) is 0 Å². The monoisotopic (exact) mass is 302 g/mol. The highest BCUT2D eigenvalue weighted by Crippen LogP contribution is 1.91. The number of rotatable bonds is 6. The molecule has 2 N–H and O–H groups in total. The quantitative estimate of drug-likeness (QED) is 0.560. The molecule has 0 aromatic heterocycles. The Morgan fingerprint density at radius 3 is 2.53 bits per heavy atom. The Labute approximate surface area is 98.1 Å². The van der Waals surface area contributed by atoms with Gasteiger partial charge in [0.05, 0.1) is 6.10 Å². The van der Waals surface area contributed by atoms with Crippen molar-refractivity contribution in [3.8, 4) is 0 Å². The Hall–Kier alpha value is -0.340. The van der Waals surface area contributed by atoms with Gasteiger partial charge >= 0.3 is 16.3 Å². The number of carbonyl (C=O) groups is 1. The maximum atomic E-state index is 11.2. The van der Waals surface area contributed by atoms with E-state index < -0.39 is 16.3 Å². The molecule has 6 nitrogen and oxygen atoms in total. The van der Waals surface area contributed by atoms with Crippen LogP contribution in [0.15, 0.2) is 0 Å². The highest BCUT2D eigenvalue weighted by Gasteiger charge is 2.15. The molecule has 0 aromatic rings. The second-order valence-corrected chi connectivity index (χ2v) is 5.29. The standard InChI is InChI=1S/C7H15BrN2O4S/c1-6(2)14-7(11)10-15(12,13)9-5-3-4-8/h6,9H,3-5H2,1-2H3,(H,10,11). The molecule has 0 unspecified atom stereocenters. The van der Waals surface area contributed by atoms with Crippen molar-refractivity contribution in [2.45, 2.75) is 26.4 Å². The normalized spacial score (nSPS) is 11.5. The number of nitrogens with one attached hydrogen (secondary N) is 2. The van der Waals surface area contributed by atoms with E-state index in [1.807, 2.05) is 0 Å². The zero-order valence-corrected chi connectivity index (χ0v) is 11.0. The lowest BCUT2D eigenvalue weighted by molar-refractivity contribution is 0.121. The Kier molecular flexibility index (Phi) is 6.86. The molecule has 0 radical (unpaired) electrons. The smallest absolute Gasteiger partial charge is 0.422 e. The third kappa shape index (κ3) is 8.64. The summed E-state index contributed by atoms with van der Waals surface area (Å²) in [6.07, 6.45) is -0.695. The first-order valence-electron chi connectivity index (χ1n) is 4.41. The highest BCUT2D eigenvalue weighted by atomic mass is 79.9. The maximum absolute atomic E-state index is 11.2. The minimum Gasteiger partial charge on any atom is -0.446 e. The number of alkyl halides is 1. The van der Waals surface area contributed by atoms with E-state index in [4.69, 9.17) is 0 Å². The second-order valence-electron chi connectivity index (χ2n) is 3.00. The molecule has 0 saturated carbocycles. The topological polar surface area (TPSA) is 84.5 Å². The number of carbonyl (C=O) groups excluding carboxylic acids is 1. The van der Waals surface area contributed by atoms with Crippen LogP contribution in [0.1, 0.15) is 20.3 Å². The van der Waals surface area contributed by atoms with Crippen molar-refractivity contribution >= 4 is 32.2 Å². The lowest BCUT2D eigenvalue weighted by Crippen LogP contribution is -2.41. The fourth-order valence-electron chi connectivity index (χ4n) is 0.657. The number of hydrogen-bond donors (Lipinski definition) is 2. The third-order valence-electron chi connectivity index (χ3n) is 1.16. The predicted octanol–water partition coefficient (Wildman–Crippen LogP) is 0.740. The van der Waals surface area contributed by atoms with Gasteiger partial charge in [-0.3, -0.25) is 0 Å². The second kappa shape index (κ2) is 7.02. The van der Waals surface area contributed by atoms with Crippen LogP contribution in [0, 0.1) is 0 Å². The molecule has 0 saturated heterocycles. The molecule has 0 heterocycles. The summed E-state index contributed by atoms with van der Waals surface area (Å²) in [7, 11) is -3.79. The summed E-state index contributed by atoms with van der Waals surface area (Å²) < 4.78 is 30.9. The summed E-state index contributed by atoms with van der Waals surface area (Å²) >= 11 is 3.15. The Balaban J connectivity index is 3.97. The molecule has 0 aliphatic rings. The predicted molar refractivity (Wildman–Crippen MR) is 60.1 cm³/mol. The molecule has 0 aliphatic carbocycles. The van der Waals surface area contributed by atoms with Crippen molar-refractivity contribution in [1.82, 2.24) is 9.44 Å². The van der Waals surface area contributed by atoms with E-state index in [0.717, 1.165) is 0 Å². The van der Waals surface area contributed by atoms with Crippen LogP contribution in [0.3, 0.4) is 0 Å². The molecule has 0 spiro atoms. The van der Waals surface area contributed by atoms with E-state index in [0.29, 0.717) is 11.8 Å². The van der Waals surface area contributed by atoms with E-state index in [9.17, 15) is 13.2 Å². The molecule has 0 bridgehead atoms. The highest BCUT2D eigenvalue weighted by molar-refractivity contribution is 9.09. The van der Waals surface area contributed by atoms with E-state index in [2.05, 4.69) is 25.4 Å². The van der Waals surface area contributed by atoms with E-state index in [1.54, 1.807) is 18.6 Å². The van der Waals surface area contributed by atoms with Gasteiger partial charge in [0.25, 0.3) is 0 Å². The molecular weight excluding hydrogens is 288 g/mol. The molecule has 1 amide bonds. The summed E-state index contributed by atoms with van der Waals surface area (Å²) in [6, 6.07) is 0. The largest absolute Gasteiger partial charge is 0.446 e. The van der Waals surface area contributed by atoms with Crippen LogP contribution in [0.5, 0.6) is 0 Å². The van der Waals surface area contributed by atoms with E-state index in [-0.39, 0.29) is 12.6 Å². The first-order valence-corrected chi connectivity index (χ1v) is 7.02. The van der Waals surface area contributed by atoms with Gasteiger partial charge in [0, 0.05) is 11.9 Å². The Bertz CT molecular complexity index is 291. The number of amides is 1. The van der Waals surface area contributed by atoms with Crippen LogP contribution in [0.2, 0.25) is 0 Å². The minimum atomic E-state index is -3.79. The van der Waals surface area contributed by atoms with Gasteiger partial charge in [-0.2, -0.15) is 13.1 Å². The van der Waals surface area contributed by atoms with Crippen molar-refractivity contribution in [3.63, 3.8) is 0 Å². The zero-order valence-electron chi connectivity index (χ0n) is 8.62. The summed E-state index contributed by atoms with van der Waals surface area (Å²) in [5.41, 5.74) is 0. The molecule has 0 fully saturated rings. The van der Waals surface area contributed by atoms with Crippen LogP contribution < -0.4 is 9.44 Å². The fourth-order valence-corrected chi connectivity index (χ4v) is 1.69. The van der Waals surface area contributed by atoms with Gasteiger partial charge in [0.15, 0.2) is 0 Å². The maximum Gasteiger partial charge on any atom is 0.422 e. The Morgan fingerprint density at radius 2 is 2.07 bits per heavy atom. The zero-order chi connectivity index (χ0) is 11.9. The SMILES string of the molecule is CC(C)OC(=O)NS(=O)(=O)NCCCBr. The first kappa shape index (κ1) is 14.7. The molecule has 0 atom stereocenters. The van der Waals surface area contributed by atoms with E-state index in [1.165, 1.54) is 0 Å². The molecule has 8 heteroatoms. The molecule has 90 valence electrons. The average Bonchev–Trinajstić information content (AvgIpc) is 2.00. The summed E-state index contributed by atoms with van der Waals surface area (Å²) in [5, 5.41) is 0.686. The van der Waals surface area contributed by atoms with Gasteiger partial charge < -0.3 is 4.74 Å². The Morgan fingerprint density at radius 1 is 1.47 bits per heavy atom. The lowest BCUT2D eigenvalue weighted by atomic mass is 10.5. The van der Waals surface area contributed by atoms with Gasteiger partial charge in [0.2, 0.25) is 0 Å². The van der Waals surface area contributed by atoms with Crippen LogP contribution in [-0.4, -0.2) is 32.5 Å². The van der Waals surface area contributed by atoms with Crippen molar-refractivity contribution < 1.29 is 17.9 Å². The fraction of sp³-hybridized carbons (Fsp3) is 0.857. The molecule has 0 aliphatic heterocycles. The van der Waals surface area contributed by atoms with E-state index >= 15 is 0 Å². The van der Waals surface area contributed by atoms with Gasteiger partial charge in [-0.1, -0.05) is 15.9 Å². The summed E-state index contributed by atoms with van der Waals surface area (Å²) in [6.45, 7) is 3.52. The molecule has 0 aromatic carbocycles. The third-order valence-corrected chi connectivity index (χ3v) is 2.74. The minimum absolute atomic E-state index is 0.259. The number of hydrogen-bond acceptors (Lipinski definition) is 4. The average molecular weight is 303 g/mol. The molecule has 15 heavy (non-hydrogen) atoms. The lowest BCUT2D eigenvalue weighted by Gasteiger charge is -2.10. The number of ether oxygens (including phenoxy) is 1. The van der Waals surface area contributed by atoms with Gasteiger partial charge in [-0.15, -0.1) is 0 Å². The van der Waals surface area contributed by atoms with Crippen molar-refractivity contribution in [2.75, 3.05) is 11.9 Å². The summed E-state index contributed by atoms with van der Waals surface area (Å²) in [4.78, 5) is 10.9. The van der Waals surface area contributed by atoms with Gasteiger partial charge in [-0.25, -0.2) is 9.52 Å². The van der Waals surface area contributed by atoms with Crippen LogP contribution in [-0.2, 0) is 14.9 Å². The van der Waals surface area contributed by atoms with Gasteiger partial charge in [0.1, 0.15) is 0 Å². The molecule has 0 rings (SSSR count).